The summed E-state index contributed by atoms with van der Waals surface area (Å²) in [6, 6.07) is 22.5. The maximum Gasteiger partial charge on any atom is 1.00 e. The molecule has 73 heavy (non-hydrogen) atoms. The van der Waals surface area contributed by atoms with Gasteiger partial charge in [-0.1, -0.05) is 43.3 Å². The summed E-state index contributed by atoms with van der Waals surface area (Å²) in [4.78, 5) is 74.7. The summed E-state index contributed by atoms with van der Waals surface area (Å²) in [5, 5.41) is 18.6. The van der Waals surface area contributed by atoms with Crippen LogP contribution in [0.2, 0.25) is 0 Å². The number of H-pyrrole nitrogens is 2. The second kappa shape index (κ2) is 34.9. The number of nitrogen functional groups attached to an aromatic ring is 1. The van der Waals surface area contributed by atoms with Crippen molar-refractivity contribution in [2.24, 2.45) is 19.8 Å². The molecular weight excluding hydrogens is 996 g/mol. The average Bonchev–Trinajstić information content (AvgIpc) is 3.84. The van der Waals surface area contributed by atoms with Gasteiger partial charge in [-0.2, -0.15) is 8.42 Å². The van der Waals surface area contributed by atoms with Crippen molar-refractivity contribution in [3.8, 4) is 0 Å². The van der Waals surface area contributed by atoms with E-state index in [1.54, 1.807) is 63.5 Å². The summed E-state index contributed by atoms with van der Waals surface area (Å²) in [5.74, 6) is -3.45. The van der Waals surface area contributed by atoms with Crippen molar-refractivity contribution in [2.45, 2.75) is 40.5 Å². The Morgan fingerprint density at radius 3 is 1.56 bits per heavy atom. The van der Waals surface area contributed by atoms with Gasteiger partial charge in [-0.05, 0) is 105 Å². The molecule has 1 amide bonds. The van der Waals surface area contributed by atoms with E-state index in [9.17, 15) is 42.7 Å². The quantitative estimate of drug-likeness (QED) is 0.0213. The van der Waals surface area contributed by atoms with E-state index < -0.39 is 40.0 Å². The molecular formula is C46H56F2N9NaO14S. The zero-order valence-corrected chi connectivity index (χ0v) is 43.8. The van der Waals surface area contributed by atoms with Crippen LogP contribution < -0.4 is 62.6 Å². The van der Waals surface area contributed by atoms with Crippen molar-refractivity contribution in [3.63, 3.8) is 0 Å². The number of hydrogen-bond donors (Lipinski definition) is 7. The van der Waals surface area contributed by atoms with Crippen molar-refractivity contribution in [2.75, 3.05) is 37.4 Å². The van der Waals surface area contributed by atoms with Gasteiger partial charge in [0, 0.05) is 44.7 Å². The number of carbonyl (C=O) groups is 4. The largest absolute Gasteiger partial charge is 1.00 e. The second-order valence-corrected chi connectivity index (χ2v) is 14.8. The first-order chi connectivity index (χ1) is 33.9. The summed E-state index contributed by atoms with van der Waals surface area (Å²) in [6.07, 6.45) is 5.12. The van der Waals surface area contributed by atoms with Gasteiger partial charge >= 0.3 is 57.9 Å². The van der Waals surface area contributed by atoms with Crippen LogP contribution in [0.25, 0.3) is 0 Å². The monoisotopic (exact) mass is 1050 g/mol. The predicted octanol–water partition coefficient (Wildman–Crippen LogP) is 0.0474. The van der Waals surface area contributed by atoms with Crippen LogP contribution in [-0.4, -0.2) is 97.2 Å². The number of anilines is 2. The van der Waals surface area contributed by atoms with Gasteiger partial charge in [-0.25, -0.2) is 33.1 Å². The Balaban J connectivity index is 0.000000929. The zero-order valence-electron chi connectivity index (χ0n) is 41.0. The molecule has 0 unspecified atom stereocenters. The molecule has 6 aromatic rings. The van der Waals surface area contributed by atoms with E-state index in [1.807, 2.05) is 25.1 Å². The van der Waals surface area contributed by atoms with Crippen LogP contribution in [0.1, 0.15) is 70.9 Å². The number of aromatic amines is 2. The number of aromatic nitrogens is 6. The Morgan fingerprint density at radius 2 is 1.18 bits per heavy atom. The smallest absolute Gasteiger partial charge is 0.867 e. The Kier molecular flexibility index (Phi) is 31.4. The van der Waals surface area contributed by atoms with Gasteiger partial charge in [-0.15, -0.1) is 0 Å². The molecule has 4 aromatic heterocycles. The summed E-state index contributed by atoms with van der Waals surface area (Å²) < 4.78 is 73.5. The zero-order chi connectivity index (χ0) is 54.4. The SMILES string of the molecule is CCN.CCOC(=O)/C=C(\[O-])C(=O)OCC.CCOC(=O)c1cc(=O)n(C)[nH]1.Cn1[nH]c(C(=O)Nc2ccc(Cc3cccc(F)c3)cn2)cc1=O.Nc1ccc(Cc2cccc(F)c2)cn1.O=S(=O)(O)O.[Na+]. The van der Waals surface area contributed by atoms with Crippen molar-refractivity contribution >= 4 is 45.8 Å². The van der Waals surface area contributed by atoms with Gasteiger partial charge in [0.2, 0.25) is 0 Å². The van der Waals surface area contributed by atoms with E-state index in [-0.39, 0.29) is 76.9 Å². The third-order valence-electron chi connectivity index (χ3n) is 8.03. The first-order valence-electron chi connectivity index (χ1n) is 21.2. The fourth-order valence-electron chi connectivity index (χ4n) is 5.05. The molecule has 0 fully saturated rings. The van der Waals surface area contributed by atoms with Gasteiger partial charge in [0.1, 0.15) is 34.7 Å². The molecule has 0 atom stereocenters. The van der Waals surface area contributed by atoms with E-state index >= 15 is 0 Å². The summed E-state index contributed by atoms with van der Waals surface area (Å²) in [7, 11) is -1.61. The van der Waals surface area contributed by atoms with Crippen LogP contribution in [-0.2, 0) is 61.1 Å². The van der Waals surface area contributed by atoms with E-state index in [4.69, 9.17) is 29.0 Å². The van der Waals surface area contributed by atoms with Crippen molar-refractivity contribution < 1.29 is 94.4 Å². The number of nitrogens with two attached hydrogens (primary N) is 2. The molecule has 9 N–H and O–H groups in total. The molecule has 6 rings (SSSR count). The summed E-state index contributed by atoms with van der Waals surface area (Å²) in [6.45, 7) is 8.08. The molecule has 0 saturated carbocycles. The van der Waals surface area contributed by atoms with Gasteiger partial charge in [0.25, 0.3) is 17.0 Å². The number of nitrogens with one attached hydrogen (secondary N) is 3. The van der Waals surface area contributed by atoms with Crippen LogP contribution >= 0.6 is 0 Å². The van der Waals surface area contributed by atoms with E-state index in [1.165, 1.54) is 59.9 Å². The molecule has 0 radical (unpaired) electrons. The van der Waals surface area contributed by atoms with Crippen molar-refractivity contribution in [1.82, 2.24) is 29.5 Å². The Bertz CT molecular complexity index is 2900. The van der Waals surface area contributed by atoms with Crippen LogP contribution in [0.3, 0.4) is 0 Å². The first-order valence-corrected chi connectivity index (χ1v) is 22.6. The molecule has 0 bridgehead atoms. The Labute approximate surface area is 440 Å². The molecule has 0 spiro atoms. The fraction of sp³-hybridized carbons (Fsp3) is 0.261. The van der Waals surface area contributed by atoms with Gasteiger partial charge < -0.3 is 36.1 Å². The summed E-state index contributed by atoms with van der Waals surface area (Å²) >= 11 is 0. The first kappa shape index (κ1) is 65.7. The maximum absolute atomic E-state index is 13.2. The number of benzene rings is 2. The van der Waals surface area contributed by atoms with Crippen LogP contribution in [0.5, 0.6) is 0 Å². The van der Waals surface area contributed by atoms with Crippen LogP contribution in [0, 0.1) is 11.6 Å². The second-order valence-electron chi connectivity index (χ2n) is 13.9. The molecule has 390 valence electrons. The number of amides is 1. The number of rotatable bonds is 12. The van der Waals surface area contributed by atoms with Crippen LogP contribution in [0.4, 0.5) is 20.4 Å². The van der Waals surface area contributed by atoms with Crippen LogP contribution in [0.15, 0.2) is 119 Å². The van der Waals surface area contributed by atoms with Gasteiger partial charge in [0.15, 0.2) is 0 Å². The molecule has 0 aliphatic carbocycles. The van der Waals surface area contributed by atoms with E-state index in [0.717, 1.165) is 28.8 Å². The third-order valence-corrected chi connectivity index (χ3v) is 8.03. The number of hydrogen-bond acceptors (Lipinski definition) is 16. The number of halogens is 2. The van der Waals surface area contributed by atoms with Crippen molar-refractivity contribution in [3.05, 3.63) is 175 Å². The van der Waals surface area contributed by atoms with Gasteiger partial charge in [0.05, 0.1) is 19.8 Å². The molecule has 27 heteroatoms. The van der Waals surface area contributed by atoms with E-state index in [0.29, 0.717) is 37.2 Å². The third kappa shape index (κ3) is 28.9. The normalized spacial score (nSPS) is 10.2. The van der Waals surface area contributed by atoms with E-state index in [2.05, 4.69) is 39.7 Å². The van der Waals surface area contributed by atoms with Crippen molar-refractivity contribution in [1.29, 1.82) is 0 Å². The minimum Gasteiger partial charge on any atom is -0.867 e. The average molecular weight is 1050 g/mol. The maximum atomic E-state index is 13.2. The number of pyridine rings is 2. The number of aryl methyl sites for hydroxylation is 2. The standard InChI is InChI=1S/C17H15FN4O2.C12H11FN2.C8H12O5.C7H10N2O3.C2H7N.Na.H2O4S/c1-22-16(23)9-14(21-22)17(24)20-15-6-5-12(10-19-15)7-11-3-2-4-13(18)8-11;13-11-3-1-2-9(7-11)6-10-4-5-12(14)15-8-10;1-3-12-7(10)5-6(9)8(11)13-4-2;1-3-12-7(11)5-4-6(10)9(2)8-5;1-2-3;;1-5(2,3)4/h2-6,8-10,21H,7H2,1H3,(H,19,20,24);1-5,7-8H,6H2,(H2,14,15);5,9H,3-4H2,1-2H3;4,8H,3H2,1-2H3;2-3H2,1H3;;(H2,1,2,3,4)/q;;;;;+1;/p-1/b;;6-5-;;;;. The Morgan fingerprint density at radius 1 is 0.726 bits per heavy atom. The molecule has 0 aliphatic heterocycles. The predicted molar refractivity (Wildman–Crippen MR) is 258 cm³/mol. The minimum absolute atomic E-state index is 0. The molecule has 0 saturated heterocycles. The molecule has 23 nitrogen and oxygen atoms in total. The number of esters is 3. The molecule has 4 heterocycles. The summed E-state index contributed by atoms with van der Waals surface area (Å²) in [5.41, 5.74) is 13.8. The number of nitrogens with zero attached hydrogens (tertiary/aromatic N) is 4. The fourth-order valence-corrected chi connectivity index (χ4v) is 5.05. The number of carbonyl (C=O) groups excluding carboxylic acids is 4. The number of ether oxygens (including phenoxy) is 3. The topological polar surface area (TPSA) is 359 Å². The molecule has 0 aliphatic rings. The molecule has 2 aromatic carbocycles. The van der Waals surface area contributed by atoms with Gasteiger partial charge in [-0.3, -0.25) is 43.1 Å². The minimum atomic E-state index is -4.67. The Hall–Kier alpha value is -7.33.